The summed E-state index contributed by atoms with van der Waals surface area (Å²) in [6.45, 7) is 1.60. The molecule has 0 aliphatic heterocycles. The van der Waals surface area contributed by atoms with Crippen molar-refractivity contribution >= 4 is 17.1 Å². The molecule has 0 saturated carbocycles. The molecule has 0 N–H and O–H groups in total. The Kier molecular flexibility index (Phi) is 3.01. The second-order valence-corrected chi connectivity index (χ2v) is 5.13. The van der Waals surface area contributed by atoms with Gasteiger partial charge in [-0.3, -0.25) is 4.79 Å². The molecule has 1 aromatic carbocycles. The Bertz CT molecular complexity index is 696. The molecule has 0 unspecified atom stereocenters. The minimum atomic E-state index is 0.112. The largest absolute Gasteiger partial charge is 0.294 e. The monoisotopic (exact) mass is 268 g/mol. The minimum absolute atomic E-state index is 0.112. The summed E-state index contributed by atoms with van der Waals surface area (Å²) in [5.74, 6) is 0.112. The Balaban J connectivity index is 1.99. The van der Waals surface area contributed by atoms with E-state index in [0.29, 0.717) is 0 Å². The highest BCUT2D eigenvalue weighted by Crippen LogP contribution is 2.29. The van der Waals surface area contributed by atoms with Crippen molar-refractivity contribution in [3.63, 3.8) is 0 Å². The quantitative estimate of drug-likeness (QED) is 0.677. The lowest BCUT2D eigenvalue weighted by molar-refractivity contribution is 0.102. The van der Waals surface area contributed by atoms with Crippen LogP contribution in [0, 0.1) is 0 Å². The standard InChI is InChI=1S/C15H12N2OS/c1-11(18)15-14(7-10-19-15)12-3-5-13(6-4-12)17-9-2-8-16-17/h2-10H,1H3. The van der Waals surface area contributed by atoms with Crippen molar-refractivity contribution in [2.75, 3.05) is 0 Å². The third-order valence-corrected chi connectivity index (χ3v) is 3.95. The van der Waals surface area contributed by atoms with E-state index in [1.807, 2.05) is 52.7 Å². The summed E-state index contributed by atoms with van der Waals surface area (Å²) in [4.78, 5) is 12.4. The van der Waals surface area contributed by atoms with E-state index in [1.165, 1.54) is 11.3 Å². The maximum Gasteiger partial charge on any atom is 0.170 e. The Morgan fingerprint density at radius 1 is 1.21 bits per heavy atom. The lowest BCUT2D eigenvalue weighted by Gasteiger charge is -2.04. The third-order valence-electron chi connectivity index (χ3n) is 2.93. The molecule has 0 fully saturated rings. The van der Waals surface area contributed by atoms with Gasteiger partial charge >= 0.3 is 0 Å². The van der Waals surface area contributed by atoms with E-state index in [2.05, 4.69) is 5.10 Å². The van der Waals surface area contributed by atoms with Crippen LogP contribution in [0.5, 0.6) is 0 Å². The first-order chi connectivity index (χ1) is 9.25. The first-order valence-corrected chi connectivity index (χ1v) is 6.82. The number of carbonyl (C=O) groups excluding carboxylic acids is 1. The van der Waals surface area contributed by atoms with E-state index in [1.54, 1.807) is 13.1 Å². The van der Waals surface area contributed by atoms with E-state index < -0.39 is 0 Å². The van der Waals surface area contributed by atoms with Gasteiger partial charge in [-0.15, -0.1) is 11.3 Å². The van der Waals surface area contributed by atoms with Gasteiger partial charge in [-0.1, -0.05) is 12.1 Å². The van der Waals surface area contributed by atoms with Crippen molar-refractivity contribution in [1.82, 2.24) is 9.78 Å². The van der Waals surface area contributed by atoms with E-state index in [0.717, 1.165) is 21.7 Å². The first kappa shape index (κ1) is 11.9. The summed E-state index contributed by atoms with van der Waals surface area (Å²) in [7, 11) is 0. The van der Waals surface area contributed by atoms with Gasteiger partial charge in [-0.2, -0.15) is 5.10 Å². The van der Waals surface area contributed by atoms with E-state index >= 15 is 0 Å². The predicted molar refractivity (Wildman–Crippen MR) is 76.9 cm³/mol. The SMILES string of the molecule is CC(=O)c1sccc1-c1ccc(-n2cccn2)cc1. The van der Waals surface area contributed by atoms with Crippen molar-refractivity contribution in [3.05, 3.63) is 59.0 Å². The molecule has 0 spiro atoms. The zero-order valence-electron chi connectivity index (χ0n) is 10.4. The fourth-order valence-corrected chi connectivity index (χ4v) is 2.84. The summed E-state index contributed by atoms with van der Waals surface area (Å²) in [6.07, 6.45) is 3.65. The predicted octanol–water partition coefficient (Wildman–Crippen LogP) is 3.80. The van der Waals surface area contributed by atoms with Gasteiger partial charge in [-0.05, 0) is 42.1 Å². The number of ketones is 1. The van der Waals surface area contributed by atoms with Crippen LogP contribution in [0.15, 0.2) is 54.2 Å². The molecular formula is C15H12N2OS. The average Bonchev–Trinajstić information content (AvgIpc) is 3.10. The van der Waals surface area contributed by atoms with Crippen molar-refractivity contribution in [3.8, 4) is 16.8 Å². The number of aromatic nitrogens is 2. The van der Waals surface area contributed by atoms with Crippen LogP contribution in [0.3, 0.4) is 0 Å². The zero-order chi connectivity index (χ0) is 13.2. The zero-order valence-corrected chi connectivity index (χ0v) is 11.2. The molecule has 3 rings (SSSR count). The van der Waals surface area contributed by atoms with Crippen molar-refractivity contribution < 1.29 is 4.79 Å². The van der Waals surface area contributed by atoms with Crippen LogP contribution in [0.2, 0.25) is 0 Å². The van der Waals surface area contributed by atoms with Crippen molar-refractivity contribution in [2.45, 2.75) is 6.92 Å². The van der Waals surface area contributed by atoms with Crippen LogP contribution in [0.25, 0.3) is 16.8 Å². The second kappa shape index (κ2) is 4.82. The molecule has 2 aromatic heterocycles. The van der Waals surface area contributed by atoms with E-state index in [4.69, 9.17) is 0 Å². The molecule has 0 aliphatic rings. The summed E-state index contributed by atoms with van der Waals surface area (Å²) in [5, 5.41) is 6.14. The highest BCUT2D eigenvalue weighted by molar-refractivity contribution is 7.12. The molecule has 3 nitrogen and oxygen atoms in total. The van der Waals surface area contributed by atoms with Gasteiger partial charge in [-0.25, -0.2) is 4.68 Å². The fourth-order valence-electron chi connectivity index (χ4n) is 2.02. The molecule has 0 amide bonds. The molecule has 0 atom stereocenters. The fraction of sp³-hybridized carbons (Fsp3) is 0.0667. The lowest BCUT2D eigenvalue weighted by Crippen LogP contribution is -1.94. The number of benzene rings is 1. The molecule has 0 aliphatic carbocycles. The molecule has 19 heavy (non-hydrogen) atoms. The molecule has 2 heterocycles. The number of rotatable bonds is 3. The Morgan fingerprint density at radius 2 is 2.00 bits per heavy atom. The smallest absolute Gasteiger partial charge is 0.170 e. The number of hydrogen-bond acceptors (Lipinski definition) is 3. The Labute approximate surface area is 115 Å². The number of Topliss-reactive ketones (excluding diaryl/α,β-unsaturated/α-hetero) is 1. The second-order valence-electron chi connectivity index (χ2n) is 4.22. The number of hydrogen-bond donors (Lipinski definition) is 0. The maximum absolute atomic E-state index is 11.6. The lowest BCUT2D eigenvalue weighted by atomic mass is 10.1. The first-order valence-electron chi connectivity index (χ1n) is 5.94. The summed E-state index contributed by atoms with van der Waals surface area (Å²) < 4.78 is 1.81. The van der Waals surface area contributed by atoms with Crippen LogP contribution in [0.1, 0.15) is 16.6 Å². The van der Waals surface area contributed by atoms with Gasteiger partial charge in [0.25, 0.3) is 0 Å². The van der Waals surface area contributed by atoms with Gasteiger partial charge in [0.2, 0.25) is 0 Å². The molecular weight excluding hydrogens is 256 g/mol. The molecule has 0 radical (unpaired) electrons. The normalized spacial score (nSPS) is 10.6. The highest BCUT2D eigenvalue weighted by atomic mass is 32.1. The van der Waals surface area contributed by atoms with E-state index in [9.17, 15) is 4.79 Å². The van der Waals surface area contributed by atoms with Crippen LogP contribution in [-0.2, 0) is 0 Å². The van der Waals surface area contributed by atoms with Crippen molar-refractivity contribution in [2.24, 2.45) is 0 Å². The minimum Gasteiger partial charge on any atom is -0.294 e. The molecule has 0 saturated heterocycles. The average molecular weight is 268 g/mol. The van der Waals surface area contributed by atoms with Gasteiger partial charge in [0.05, 0.1) is 10.6 Å². The van der Waals surface area contributed by atoms with Crippen LogP contribution < -0.4 is 0 Å². The number of carbonyl (C=O) groups is 1. The Morgan fingerprint density at radius 3 is 2.63 bits per heavy atom. The number of nitrogens with zero attached hydrogens (tertiary/aromatic N) is 2. The topological polar surface area (TPSA) is 34.9 Å². The van der Waals surface area contributed by atoms with Crippen LogP contribution in [0.4, 0.5) is 0 Å². The van der Waals surface area contributed by atoms with E-state index in [-0.39, 0.29) is 5.78 Å². The molecule has 3 aromatic rings. The van der Waals surface area contributed by atoms with Crippen LogP contribution >= 0.6 is 11.3 Å². The maximum atomic E-state index is 11.6. The summed E-state index contributed by atoms with van der Waals surface area (Å²) >= 11 is 1.49. The Hall–Kier alpha value is -2.20. The molecule has 94 valence electrons. The highest BCUT2D eigenvalue weighted by Gasteiger charge is 2.10. The molecule has 0 bridgehead atoms. The molecule has 4 heteroatoms. The van der Waals surface area contributed by atoms with Gasteiger partial charge in [0, 0.05) is 18.0 Å². The van der Waals surface area contributed by atoms with Crippen LogP contribution in [-0.4, -0.2) is 15.6 Å². The summed E-state index contributed by atoms with van der Waals surface area (Å²) in [6, 6.07) is 11.9. The van der Waals surface area contributed by atoms with Gasteiger partial charge in [0.15, 0.2) is 5.78 Å². The van der Waals surface area contributed by atoms with Gasteiger partial charge in [0.1, 0.15) is 0 Å². The summed E-state index contributed by atoms with van der Waals surface area (Å²) in [5.41, 5.74) is 3.07. The third kappa shape index (κ3) is 2.22. The van der Waals surface area contributed by atoms with Crippen molar-refractivity contribution in [1.29, 1.82) is 0 Å². The van der Waals surface area contributed by atoms with Gasteiger partial charge < -0.3 is 0 Å². The number of thiophene rings is 1.